The van der Waals surface area contributed by atoms with Gasteiger partial charge in [0.15, 0.2) is 6.61 Å². The van der Waals surface area contributed by atoms with Crippen LogP contribution in [-0.2, 0) is 21.3 Å². The van der Waals surface area contributed by atoms with Crippen LogP contribution in [0.3, 0.4) is 0 Å². The zero-order chi connectivity index (χ0) is 20.3. The molecule has 0 amide bonds. The number of hydrogen-bond donors (Lipinski definition) is 0. The minimum Gasteiger partial charge on any atom is -0.466 e. The van der Waals surface area contributed by atoms with E-state index in [2.05, 4.69) is 30.5 Å². The summed E-state index contributed by atoms with van der Waals surface area (Å²) in [4.78, 5) is 23.1. The van der Waals surface area contributed by atoms with Crippen molar-refractivity contribution in [1.82, 2.24) is 9.78 Å². The molecule has 2 rings (SSSR count). The van der Waals surface area contributed by atoms with Gasteiger partial charge in [-0.25, -0.2) is 18.7 Å². The first-order chi connectivity index (χ1) is 12.6. The Labute approximate surface area is 164 Å². The second-order valence-corrected chi connectivity index (χ2v) is 6.13. The SMILES string of the molecule is COC(=O)COC(=O)c1cc(-c2nn(C)c(OC(F)F)c2Br)c(F)cc1Cl. The Kier molecular flexibility index (Phi) is 6.71. The molecule has 2 aromatic rings. The van der Waals surface area contributed by atoms with Crippen molar-refractivity contribution >= 4 is 39.5 Å². The molecule has 27 heavy (non-hydrogen) atoms. The topological polar surface area (TPSA) is 79.7 Å². The largest absolute Gasteiger partial charge is 0.466 e. The Morgan fingerprint density at radius 2 is 2.04 bits per heavy atom. The summed E-state index contributed by atoms with van der Waals surface area (Å²) in [5.41, 5.74) is -0.591. The van der Waals surface area contributed by atoms with Crippen LogP contribution < -0.4 is 4.74 Å². The number of alkyl halides is 2. The maximum Gasteiger partial charge on any atom is 0.388 e. The Bertz CT molecular complexity index is 891. The number of rotatable bonds is 6. The number of ether oxygens (including phenoxy) is 3. The van der Waals surface area contributed by atoms with Crippen molar-refractivity contribution in [3.8, 4) is 17.1 Å². The molecule has 0 aliphatic heterocycles. The number of benzene rings is 1. The van der Waals surface area contributed by atoms with Crippen molar-refractivity contribution in [1.29, 1.82) is 0 Å². The Balaban J connectivity index is 2.44. The number of halogens is 5. The highest BCUT2D eigenvalue weighted by atomic mass is 79.9. The van der Waals surface area contributed by atoms with Crippen molar-refractivity contribution in [2.24, 2.45) is 7.05 Å². The van der Waals surface area contributed by atoms with E-state index in [9.17, 15) is 22.8 Å². The van der Waals surface area contributed by atoms with Crippen LogP contribution >= 0.6 is 27.5 Å². The van der Waals surface area contributed by atoms with Crippen molar-refractivity contribution in [2.45, 2.75) is 6.61 Å². The fourth-order valence-corrected chi connectivity index (χ4v) is 2.89. The van der Waals surface area contributed by atoms with Crippen LogP contribution in [0.2, 0.25) is 5.02 Å². The predicted octanol–water partition coefficient (Wildman–Crippen LogP) is 3.57. The van der Waals surface area contributed by atoms with Gasteiger partial charge in [0.05, 0.1) is 17.7 Å². The first kappa shape index (κ1) is 21.0. The maximum atomic E-state index is 14.4. The fraction of sp³-hybridized carbons (Fsp3) is 0.267. The lowest BCUT2D eigenvalue weighted by molar-refractivity contribution is -0.144. The van der Waals surface area contributed by atoms with E-state index in [0.29, 0.717) is 0 Å². The molecule has 0 bridgehead atoms. The van der Waals surface area contributed by atoms with Gasteiger partial charge in [-0.1, -0.05) is 11.6 Å². The molecular weight excluding hydrogens is 461 g/mol. The highest BCUT2D eigenvalue weighted by Crippen LogP contribution is 2.38. The molecule has 0 N–H and O–H groups in total. The third kappa shape index (κ3) is 4.72. The molecule has 0 saturated heterocycles. The molecule has 1 aromatic heterocycles. The molecule has 0 aliphatic carbocycles. The minimum atomic E-state index is -3.12. The standard InChI is InChI=1S/C15H11BrClF3N2O5/c1-22-13(27-15(19)20)11(16)12(21-22)7-3-6(8(17)4-9(7)18)14(24)26-5-10(23)25-2/h3-4,15H,5H2,1-2H3. The molecule has 0 atom stereocenters. The Morgan fingerprint density at radius 3 is 2.63 bits per heavy atom. The summed E-state index contributed by atoms with van der Waals surface area (Å²) in [5, 5.41) is 3.64. The molecule has 12 heteroatoms. The van der Waals surface area contributed by atoms with Gasteiger partial charge in [-0.2, -0.15) is 13.9 Å². The highest BCUT2D eigenvalue weighted by Gasteiger charge is 2.24. The van der Waals surface area contributed by atoms with Crippen molar-refractivity contribution in [2.75, 3.05) is 13.7 Å². The minimum absolute atomic E-state index is 0.0552. The van der Waals surface area contributed by atoms with E-state index in [4.69, 9.17) is 16.3 Å². The number of aryl methyl sites for hydroxylation is 1. The van der Waals surface area contributed by atoms with Gasteiger partial charge in [-0.15, -0.1) is 0 Å². The van der Waals surface area contributed by atoms with Gasteiger partial charge in [0.25, 0.3) is 0 Å². The molecule has 0 fully saturated rings. The average molecular weight is 472 g/mol. The zero-order valence-electron chi connectivity index (χ0n) is 13.8. The summed E-state index contributed by atoms with van der Waals surface area (Å²) in [5.74, 6) is -3.03. The Morgan fingerprint density at radius 1 is 1.37 bits per heavy atom. The van der Waals surface area contributed by atoms with Crippen LogP contribution in [0.4, 0.5) is 13.2 Å². The quantitative estimate of drug-likeness (QED) is 0.599. The number of esters is 2. The van der Waals surface area contributed by atoms with Gasteiger partial charge in [0.1, 0.15) is 16.0 Å². The molecule has 0 spiro atoms. The number of nitrogens with zero attached hydrogens (tertiary/aromatic N) is 2. The lowest BCUT2D eigenvalue weighted by atomic mass is 10.1. The Hall–Kier alpha value is -2.27. The third-order valence-electron chi connectivity index (χ3n) is 3.22. The lowest BCUT2D eigenvalue weighted by Gasteiger charge is -2.08. The second kappa shape index (κ2) is 8.61. The first-order valence-electron chi connectivity index (χ1n) is 7.06. The number of carbonyl (C=O) groups excluding carboxylic acids is 2. The maximum absolute atomic E-state index is 14.4. The van der Waals surface area contributed by atoms with Crippen LogP contribution in [0.25, 0.3) is 11.3 Å². The van der Waals surface area contributed by atoms with E-state index in [1.54, 1.807) is 0 Å². The fourth-order valence-electron chi connectivity index (χ4n) is 2.02. The van der Waals surface area contributed by atoms with Crippen LogP contribution in [-0.4, -0.2) is 42.0 Å². The summed E-state index contributed by atoms with van der Waals surface area (Å²) in [7, 11) is 2.42. The number of methoxy groups -OCH3 is 1. The number of aromatic nitrogens is 2. The molecular formula is C15H11BrClF3N2O5. The van der Waals surface area contributed by atoms with Gasteiger partial charge < -0.3 is 14.2 Å². The smallest absolute Gasteiger partial charge is 0.388 e. The predicted molar refractivity (Wildman–Crippen MR) is 90.2 cm³/mol. The van der Waals surface area contributed by atoms with Crippen molar-refractivity contribution in [3.05, 3.63) is 33.0 Å². The summed E-state index contributed by atoms with van der Waals surface area (Å²) >= 11 is 8.88. The van der Waals surface area contributed by atoms with Crippen LogP contribution in [0.15, 0.2) is 16.6 Å². The van der Waals surface area contributed by atoms with E-state index in [1.165, 1.54) is 7.05 Å². The molecule has 0 saturated carbocycles. The van der Waals surface area contributed by atoms with Gasteiger partial charge in [0, 0.05) is 12.6 Å². The van der Waals surface area contributed by atoms with Gasteiger partial charge in [-0.3, -0.25) is 0 Å². The average Bonchev–Trinajstić information content (AvgIpc) is 2.87. The molecule has 0 radical (unpaired) electrons. The van der Waals surface area contributed by atoms with E-state index in [1.807, 2.05) is 0 Å². The molecule has 0 aliphatic rings. The lowest BCUT2D eigenvalue weighted by Crippen LogP contribution is -2.15. The highest BCUT2D eigenvalue weighted by molar-refractivity contribution is 9.10. The van der Waals surface area contributed by atoms with E-state index in [-0.39, 0.29) is 32.2 Å². The second-order valence-electron chi connectivity index (χ2n) is 4.93. The monoisotopic (exact) mass is 470 g/mol. The zero-order valence-corrected chi connectivity index (χ0v) is 16.1. The van der Waals surface area contributed by atoms with Crippen molar-refractivity contribution < 1.29 is 37.0 Å². The molecule has 7 nitrogen and oxygen atoms in total. The van der Waals surface area contributed by atoms with E-state index in [0.717, 1.165) is 23.9 Å². The molecule has 146 valence electrons. The number of hydrogen-bond acceptors (Lipinski definition) is 6. The van der Waals surface area contributed by atoms with Crippen LogP contribution in [0, 0.1) is 5.82 Å². The summed E-state index contributed by atoms with van der Waals surface area (Å²) in [6, 6.07) is 1.86. The molecule has 0 unspecified atom stereocenters. The van der Waals surface area contributed by atoms with Gasteiger partial charge in [0.2, 0.25) is 5.88 Å². The van der Waals surface area contributed by atoms with Gasteiger partial charge in [-0.05, 0) is 28.1 Å². The third-order valence-corrected chi connectivity index (χ3v) is 4.25. The first-order valence-corrected chi connectivity index (χ1v) is 8.23. The molecule has 1 aromatic carbocycles. The summed E-state index contributed by atoms with van der Waals surface area (Å²) in [6.45, 7) is -3.79. The van der Waals surface area contributed by atoms with E-state index >= 15 is 0 Å². The van der Waals surface area contributed by atoms with Crippen LogP contribution in [0.1, 0.15) is 10.4 Å². The van der Waals surface area contributed by atoms with E-state index < -0.39 is 31.0 Å². The molecule has 1 heterocycles. The summed E-state index contributed by atoms with van der Waals surface area (Å²) < 4.78 is 53.7. The van der Waals surface area contributed by atoms with Crippen molar-refractivity contribution in [3.63, 3.8) is 0 Å². The number of carbonyl (C=O) groups is 2. The van der Waals surface area contributed by atoms with Gasteiger partial charge >= 0.3 is 18.6 Å². The normalized spacial score (nSPS) is 10.8. The van der Waals surface area contributed by atoms with Crippen LogP contribution in [0.5, 0.6) is 5.88 Å². The summed E-state index contributed by atoms with van der Waals surface area (Å²) in [6.07, 6.45) is 0.